The highest BCUT2D eigenvalue weighted by Gasteiger charge is 1.93. The average molecular weight is 605 g/mol. The molecule has 0 aliphatic carbocycles. The first kappa shape index (κ1) is 51.0. The van der Waals surface area contributed by atoms with E-state index in [2.05, 4.69) is 48.5 Å². The molecule has 4 heteroatoms. The highest BCUT2D eigenvalue weighted by molar-refractivity contribution is 5.66. The van der Waals surface area contributed by atoms with Gasteiger partial charge in [0.25, 0.3) is 0 Å². The van der Waals surface area contributed by atoms with Crippen molar-refractivity contribution in [2.75, 3.05) is 13.2 Å². The number of carboxylic acid groups (broad SMARTS) is 1. The maximum atomic E-state index is 9.87. The number of aliphatic hydroxyl groups is 2. The monoisotopic (exact) mass is 605 g/mol. The van der Waals surface area contributed by atoms with Crippen LogP contribution in [0.4, 0.5) is 0 Å². The number of rotatable bonds is 26. The molecule has 0 saturated carbocycles. The fraction of sp³-hybridized carbons (Fsp3) is 0.974. The Hall–Kier alpha value is -0.610. The van der Waals surface area contributed by atoms with E-state index in [0.29, 0.717) is 19.6 Å². The fourth-order valence-electron chi connectivity index (χ4n) is 4.02. The molecule has 0 amide bonds. The first-order valence-corrected chi connectivity index (χ1v) is 18.9. The van der Waals surface area contributed by atoms with E-state index >= 15 is 0 Å². The molecule has 0 atom stereocenters. The third-order valence-electron chi connectivity index (χ3n) is 6.93. The Kier molecular flexibility index (Phi) is 72.5. The molecule has 42 heavy (non-hydrogen) atoms. The van der Waals surface area contributed by atoms with Crippen LogP contribution in [0, 0.1) is 0 Å². The van der Waals surface area contributed by atoms with Gasteiger partial charge in [-0.1, -0.05) is 203 Å². The van der Waals surface area contributed by atoms with Gasteiger partial charge in [-0.05, 0) is 19.3 Å². The molecular weight excluding hydrogens is 520 g/mol. The van der Waals surface area contributed by atoms with Crippen molar-refractivity contribution in [3.8, 4) is 0 Å². The lowest BCUT2D eigenvalue weighted by molar-refractivity contribution is -0.137. The summed E-state index contributed by atoms with van der Waals surface area (Å²) in [4.78, 5) is 9.87. The van der Waals surface area contributed by atoms with Gasteiger partial charge in [-0.3, -0.25) is 4.79 Å². The Morgan fingerprint density at radius 3 is 0.738 bits per heavy atom. The summed E-state index contributed by atoms with van der Waals surface area (Å²) in [5, 5.41) is 25.1. The van der Waals surface area contributed by atoms with Gasteiger partial charge in [-0.25, -0.2) is 0 Å². The largest absolute Gasteiger partial charge is 0.481 e. The summed E-state index contributed by atoms with van der Waals surface area (Å²) in [5.74, 6) is -0.682. The van der Waals surface area contributed by atoms with E-state index in [9.17, 15) is 4.79 Å². The van der Waals surface area contributed by atoms with Crippen LogP contribution in [0.15, 0.2) is 0 Å². The van der Waals surface area contributed by atoms with Crippen molar-refractivity contribution in [3.05, 3.63) is 0 Å². The van der Waals surface area contributed by atoms with Gasteiger partial charge in [0, 0.05) is 19.6 Å². The molecule has 0 unspecified atom stereocenters. The third kappa shape index (κ3) is 83.4. The van der Waals surface area contributed by atoms with Gasteiger partial charge < -0.3 is 15.3 Å². The van der Waals surface area contributed by atoms with Gasteiger partial charge in [0.2, 0.25) is 0 Å². The van der Waals surface area contributed by atoms with E-state index in [4.69, 9.17) is 15.3 Å². The molecule has 260 valence electrons. The smallest absolute Gasteiger partial charge is 0.303 e. The number of carbonyl (C=O) groups is 1. The van der Waals surface area contributed by atoms with Crippen LogP contribution in [0.5, 0.6) is 0 Å². The summed E-state index contributed by atoms with van der Waals surface area (Å²) in [6.45, 7) is 16.2. The summed E-state index contributed by atoms with van der Waals surface area (Å²) in [6.07, 6.45) is 35.2. The van der Waals surface area contributed by atoms with Crippen molar-refractivity contribution in [2.45, 2.75) is 228 Å². The summed E-state index contributed by atoms with van der Waals surface area (Å²) < 4.78 is 0. The van der Waals surface area contributed by atoms with Crippen molar-refractivity contribution in [3.63, 3.8) is 0 Å². The summed E-state index contributed by atoms with van der Waals surface area (Å²) in [7, 11) is 0. The molecule has 0 fully saturated rings. The molecule has 0 aromatic heterocycles. The Labute approximate surface area is 267 Å². The number of hydrogen-bond donors (Lipinski definition) is 3. The Morgan fingerprint density at radius 1 is 0.333 bits per heavy atom. The quantitative estimate of drug-likeness (QED) is 0.0858. The van der Waals surface area contributed by atoms with Gasteiger partial charge in [0.05, 0.1) is 0 Å². The molecule has 0 aromatic rings. The molecule has 0 saturated heterocycles. The molecule has 0 aliphatic rings. The van der Waals surface area contributed by atoms with E-state index in [-0.39, 0.29) is 0 Å². The van der Waals surface area contributed by atoms with Crippen molar-refractivity contribution in [1.29, 1.82) is 0 Å². The summed E-state index contributed by atoms with van der Waals surface area (Å²) >= 11 is 0. The van der Waals surface area contributed by atoms with Crippen LogP contribution in [0.25, 0.3) is 0 Å². The number of unbranched alkanes of at least 4 members (excludes halogenated alkanes) is 22. The van der Waals surface area contributed by atoms with Gasteiger partial charge in [-0.15, -0.1) is 0 Å². The van der Waals surface area contributed by atoms with E-state index in [0.717, 1.165) is 32.1 Å². The maximum Gasteiger partial charge on any atom is 0.303 e. The van der Waals surface area contributed by atoms with Crippen LogP contribution in [-0.2, 0) is 4.79 Å². The second kappa shape index (κ2) is 59.7. The molecule has 0 rings (SSSR count). The minimum absolute atomic E-state index is 0.327. The number of hydrogen-bond acceptors (Lipinski definition) is 3. The minimum atomic E-state index is -0.682. The van der Waals surface area contributed by atoms with Gasteiger partial charge >= 0.3 is 5.97 Å². The topological polar surface area (TPSA) is 77.8 Å². The van der Waals surface area contributed by atoms with Crippen molar-refractivity contribution >= 4 is 5.97 Å². The van der Waals surface area contributed by atoms with E-state index < -0.39 is 5.97 Å². The molecule has 0 radical (unpaired) electrons. The number of aliphatic hydroxyl groups excluding tert-OH is 2. The van der Waals surface area contributed by atoms with E-state index in [1.807, 2.05) is 0 Å². The van der Waals surface area contributed by atoms with Gasteiger partial charge in [0.15, 0.2) is 0 Å². The molecule has 0 spiro atoms. The first-order valence-electron chi connectivity index (χ1n) is 18.9. The standard InChI is InChI=1S/C10H22O.C8H18O.C8H18.C6H12O2.C6H14/c1-2-3-4-5-6-7-8-9-10-11;1-2-3-4-5-6-7-8-9;1-3-5-7-8-6-4-2;1-2-3-4-5-6(7)8;1-3-5-6-4-2/h11H,2-10H2,1H3;9H,2-8H2,1H3;3-8H2,1-2H3;2-5H2,1H3,(H,7,8);3-6H2,1-2H3. The lowest BCUT2D eigenvalue weighted by atomic mass is 10.1. The summed E-state index contributed by atoms with van der Waals surface area (Å²) in [5.41, 5.74) is 0. The first-order chi connectivity index (χ1) is 20.4. The Bertz CT molecular complexity index is 363. The molecule has 0 aliphatic heterocycles. The van der Waals surface area contributed by atoms with E-state index in [1.165, 1.54) is 141 Å². The normalized spacial score (nSPS) is 9.74. The fourth-order valence-corrected chi connectivity index (χ4v) is 4.02. The van der Waals surface area contributed by atoms with E-state index in [1.54, 1.807) is 0 Å². The molecule has 0 bridgehead atoms. The van der Waals surface area contributed by atoms with Gasteiger partial charge in [0.1, 0.15) is 0 Å². The number of aliphatic carboxylic acids is 1. The highest BCUT2D eigenvalue weighted by Crippen LogP contribution is 2.08. The lowest BCUT2D eigenvalue weighted by Gasteiger charge is -1.98. The van der Waals surface area contributed by atoms with Gasteiger partial charge in [-0.2, -0.15) is 0 Å². The maximum absolute atomic E-state index is 9.87. The van der Waals surface area contributed by atoms with Crippen LogP contribution in [0.2, 0.25) is 0 Å². The zero-order valence-electron chi connectivity index (χ0n) is 30.5. The highest BCUT2D eigenvalue weighted by atomic mass is 16.4. The lowest BCUT2D eigenvalue weighted by Crippen LogP contribution is -1.92. The average Bonchev–Trinajstić information content (AvgIpc) is 2.99. The predicted octanol–water partition coefficient (Wildman–Crippen LogP) is 13.1. The van der Waals surface area contributed by atoms with Crippen LogP contribution in [0.3, 0.4) is 0 Å². The zero-order valence-corrected chi connectivity index (χ0v) is 30.5. The van der Waals surface area contributed by atoms with Crippen LogP contribution >= 0.6 is 0 Å². The van der Waals surface area contributed by atoms with Crippen molar-refractivity contribution in [1.82, 2.24) is 0 Å². The number of carboxylic acids is 1. The zero-order chi connectivity index (χ0) is 32.8. The van der Waals surface area contributed by atoms with Crippen molar-refractivity contribution < 1.29 is 20.1 Å². The third-order valence-corrected chi connectivity index (χ3v) is 6.93. The second-order valence-electron chi connectivity index (χ2n) is 11.7. The van der Waals surface area contributed by atoms with Crippen LogP contribution in [0.1, 0.15) is 228 Å². The molecule has 0 aromatic carbocycles. The van der Waals surface area contributed by atoms with Crippen LogP contribution < -0.4 is 0 Å². The predicted molar refractivity (Wildman–Crippen MR) is 191 cm³/mol. The minimum Gasteiger partial charge on any atom is -0.481 e. The second-order valence-corrected chi connectivity index (χ2v) is 11.7. The molecule has 0 heterocycles. The molecule has 4 nitrogen and oxygen atoms in total. The van der Waals surface area contributed by atoms with Crippen molar-refractivity contribution in [2.24, 2.45) is 0 Å². The van der Waals surface area contributed by atoms with Crippen LogP contribution in [-0.4, -0.2) is 34.5 Å². The Balaban J connectivity index is -0.000000138. The molecule has 3 N–H and O–H groups in total. The molecular formula is C38H84O4. The summed E-state index contributed by atoms with van der Waals surface area (Å²) in [6, 6.07) is 0. The Morgan fingerprint density at radius 2 is 0.524 bits per heavy atom. The SMILES string of the molecule is CCCCCC.CCCCCC(=O)O.CCCCCCCC.CCCCCCCCCCO.CCCCCCCCO.